The summed E-state index contributed by atoms with van der Waals surface area (Å²) in [5, 5.41) is 10.2. The number of aromatic nitrogens is 4. The maximum absolute atomic E-state index is 15.2. The number of imidazole rings is 1. The van der Waals surface area contributed by atoms with Gasteiger partial charge in [0.15, 0.2) is 23.1 Å². The van der Waals surface area contributed by atoms with Crippen molar-refractivity contribution in [2.45, 2.75) is 37.5 Å². The van der Waals surface area contributed by atoms with Gasteiger partial charge in [0.25, 0.3) is 6.43 Å². The quantitative estimate of drug-likeness (QED) is 0.267. The molecule has 0 aliphatic carbocycles. The second-order valence-corrected chi connectivity index (χ2v) is 10.4. The molecule has 5 rings (SSSR count). The number of nitrogen functional groups attached to an aromatic ring is 1. The highest BCUT2D eigenvalue weighted by molar-refractivity contribution is 7.13. The van der Waals surface area contributed by atoms with Crippen LogP contribution in [0.1, 0.15) is 18.4 Å². The molecule has 0 radical (unpaired) electrons. The van der Waals surface area contributed by atoms with Crippen LogP contribution >= 0.6 is 11.5 Å². The number of ether oxygens (including phenoxy) is 2. The predicted octanol–water partition coefficient (Wildman–Crippen LogP) is 3.40. The number of pyridine rings is 1. The molecule has 0 spiro atoms. The van der Waals surface area contributed by atoms with Crippen molar-refractivity contribution >= 4 is 33.4 Å². The molecule has 1 aromatic carbocycles. The summed E-state index contributed by atoms with van der Waals surface area (Å²) in [6.07, 6.45) is -1.47. The molecule has 40 heavy (non-hydrogen) atoms. The number of hydrogen-bond donors (Lipinski definition) is 3. The molecule has 1 aliphatic rings. The third-order valence-corrected chi connectivity index (χ3v) is 8.02. The summed E-state index contributed by atoms with van der Waals surface area (Å²) in [4.78, 5) is 11.1. The van der Waals surface area contributed by atoms with Crippen LogP contribution in [-0.4, -0.2) is 69.4 Å². The number of rotatable bonds is 8. The van der Waals surface area contributed by atoms with Gasteiger partial charge >= 0.3 is 0 Å². The fraction of sp³-hybridized carbons (Fsp3) is 0.400. The number of nitrogens with zero attached hydrogens (tertiary/aromatic N) is 5. The molecule has 0 bridgehead atoms. The minimum Gasteiger partial charge on any atom is -0.494 e. The van der Waals surface area contributed by atoms with Crippen molar-refractivity contribution in [3.05, 3.63) is 41.9 Å². The van der Waals surface area contributed by atoms with E-state index in [1.807, 2.05) is 0 Å². The zero-order chi connectivity index (χ0) is 28.8. The second-order valence-electron chi connectivity index (χ2n) is 9.60. The lowest BCUT2D eigenvalue weighted by atomic mass is 9.84. The Bertz CT molecular complexity index is 1550. The summed E-state index contributed by atoms with van der Waals surface area (Å²) in [5.74, 6) is -1.47. The van der Waals surface area contributed by atoms with E-state index in [2.05, 4.69) is 14.3 Å². The molecule has 10 nitrogen and oxygen atoms in total. The molecule has 5 N–H and O–H groups in total. The van der Waals surface area contributed by atoms with Crippen molar-refractivity contribution in [2.24, 2.45) is 5.73 Å². The predicted molar refractivity (Wildman–Crippen MR) is 142 cm³/mol. The summed E-state index contributed by atoms with van der Waals surface area (Å²) in [5.41, 5.74) is 11.9. The lowest BCUT2D eigenvalue weighted by molar-refractivity contribution is -0.0529. The number of nitrogens with two attached hydrogens (primary N) is 2. The monoisotopic (exact) mass is 581 g/mol. The van der Waals surface area contributed by atoms with Gasteiger partial charge in [-0.05, 0) is 30.4 Å². The van der Waals surface area contributed by atoms with Gasteiger partial charge in [0.05, 0.1) is 44.5 Å². The van der Waals surface area contributed by atoms with E-state index in [4.69, 9.17) is 20.9 Å². The van der Waals surface area contributed by atoms with Gasteiger partial charge in [0.1, 0.15) is 28.0 Å². The fourth-order valence-corrected chi connectivity index (χ4v) is 5.83. The summed E-state index contributed by atoms with van der Waals surface area (Å²) >= 11 is 1.13. The second kappa shape index (κ2) is 10.7. The molecular formula is C25H27F4N7O3S. The van der Waals surface area contributed by atoms with Crippen LogP contribution in [0.4, 0.5) is 29.1 Å². The van der Waals surface area contributed by atoms with E-state index in [9.17, 15) is 18.3 Å². The van der Waals surface area contributed by atoms with Gasteiger partial charge in [-0.25, -0.2) is 22.5 Å². The highest BCUT2D eigenvalue weighted by Crippen LogP contribution is 2.42. The third kappa shape index (κ3) is 4.77. The number of hydrogen-bond acceptors (Lipinski definition) is 10. The zero-order valence-corrected chi connectivity index (χ0v) is 22.4. The van der Waals surface area contributed by atoms with Crippen LogP contribution in [0, 0.1) is 11.6 Å². The Kier molecular flexibility index (Phi) is 7.46. The van der Waals surface area contributed by atoms with Crippen molar-refractivity contribution in [3.8, 4) is 22.8 Å². The van der Waals surface area contributed by atoms with E-state index in [0.717, 1.165) is 23.7 Å². The van der Waals surface area contributed by atoms with Crippen LogP contribution in [-0.2, 0) is 6.54 Å². The van der Waals surface area contributed by atoms with Crippen molar-refractivity contribution in [1.82, 2.24) is 18.9 Å². The summed E-state index contributed by atoms with van der Waals surface area (Å²) < 4.78 is 73.2. The van der Waals surface area contributed by atoms with Gasteiger partial charge in [-0.2, -0.15) is 4.37 Å². The maximum atomic E-state index is 15.2. The van der Waals surface area contributed by atoms with Gasteiger partial charge in [0.2, 0.25) is 0 Å². The number of piperidine rings is 1. The normalized spacial score (nSPS) is 18.5. The SMILES string of the molecule is COc1cc(F)c(-c2ncc(N3CCC[C@](N)([C@H](O)C(F)F)C3)c(Cn3cnc4c(N)nsc43)c2OC)cc1F. The number of benzene rings is 1. The largest absolute Gasteiger partial charge is 0.494 e. The van der Waals surface area contributed by atoms with Crippen LogP contribution in [0.25, 0.3) is 21.6 Å². The number of methoxy groups -OCH3 is 2. The lowest BCUT2D eigenvalue weighted by Crippen LogP contribution is -2.63. The Morgan fingerprint density at radius 3 is 2.65 bits per heavy atom. The Morgan fingerprint density at radius 1 is 1.18 bits per heavy atom. The Hall–Kier alpha value is -3.69. The van der Waals surface area contributed by atoms with Gasteiger partial charge < -0.3 is 35.5 Å². The summed E-state index contributed by atoms with van der Waals surface area (Å²) in [7, 11) is 2.59. The molecule has 0 amide bonds. The first kappa shape index (κ1) is 27.9. The minimum atomic E-state index is -3.02. The molecular weight excluding hydrogens is 554 g/mol. The third-order valence-electron chi connectivity index (χ3n) is 7.13. The molecule has 1 aliphatic heterocycles. The van der Waals surface area contributed by atoms with Crippen LogP contribution in [0.3, 0.4) is 0 Å². The van der Waals surface area contributed by atoms with E-state index in [1.54, 1.807) is 15.8 Å². The molecule has 4 heterocycles. The topological polar surface area (TPSA) is 138 Å². The molecule has 1 fully saturated rings. The number of aliphatic hydroxyl groups excluding tert-OH is 1. The van der Waals surface area contributed by atoms with E-state index in [-0.39, 0.29) is 48.1 Å². The van der Waals surface area contributed by atoms with Gasteiger partial charge in [-0.15, -0.1) is 0 Å². The lowest BCUT2D eigenvalue weighted by Gasteiger charge is -2.44. The first-order valence-corrected chi connectivity index (χ1v) is 13.0. The highest BCUT2D eigenvalue weighted by Gasteiger charge is 2.43. The maximum Gasteiger partial charge on any atom is 0.265 e. The average molecular weight is 582 g/mol. The average Bonchev–Trinajstić information content (AvgIpc) is 3.51. The van der Waals surface area contributed by atoms with Crippen LogP contribution in [0.2, 0.25) is 0 Å². The van der Waals surface area contributed by atoms with Gasteiger partial charge in [-0.3, -0.25) is 4.98 Å². The molecule has 1 saturated heterocycles. The van der Waals surface area contributed by atoms with Crippen molar-refractivity contribution < 1.29 is 32.1 Å². The number of aliphatic hydroxyl groups is 1. The standard InChI is InChI=1S/C25H27F4N7O3S/c1-38-17-7-14(26)12(6-15(17)27)18-20(39-2)13(9-36-11-33-19-23(30)34-40-24(19)36)16(8-32-18)35-5-3-4-25(31,10-35)21(37)22(28)29/h6-8,11,21-22,37H,3-5,9-10,31H2,1-2H3,(H2,30,34)/t21-,25-/m1/s1. The van der Waals surface area contributed by atoms with Crippen molar-refractivity contribution in [1.29, 1.82) is 0 Å². The van der Waals surface area contributed by atoms with E-state index < -0.39 is 29.7 Å². The number of anilines is 2. The smallest absolute Gasteiger partial charge is 0.265 e. The van der Waals surface area contributed by atoms with Gasteiger partial charge in [-0.1, -0.05) is 0 Å². The van der Waals surface area contributed by atoms with E-state index in [1.165, 1.54) is 20.4 Å². The highest BCUT2D eigenvalue weighted by atomic mass is 32.1. The summed E-state index contributed by atoms with van der Waals surface area (Å²) in [6.45, 7) is 0.427. The fourth-order valence-electron chi connectivity index (χ4n) is 5.10. The Morgan fingerprint density at radius 2 is 1.95 bits per heavy atom. The molecule has 4 aromatic rings. The minimum absolute atomic E-state index is 0.0177. The molecule has 3 aromatic heterocycles. The molecule has 0 saturated carbocycles. The first-order valence-electron chi connectivity index (χ1n) is 12.2. The zero-order valence-electron chi connectivity index (χ0n) is 21.6. The number of alkyl halides is 2. The Labute approximate surface area is 230 Å². The molecule has 214 valence electrons. The molecule has 15 heteroatoms. The Balaban J connectivity index is 1.67. The van der Waals surface area contributed by atoms with Crippen molar-refractivity contribution in [3.63, 3.8) is 0 Å². The summed E-state index contributed by atoms with van der Waals surface area (Å²) in [6, 6.07) is 1.88. The molecule has 0 unspecified atom stereocenters. The number of halogens is 4. The molecule has 2 atom stereocenters. The van der Waals surface area contributed by atoms with Crippen molar-refractivity contribution in [2.75, 3.05) is 37.9 Å². The van der Waals surface area contributed by atoms with Gasteiger partial charge in [0, 0.05) is 30.3 Å². The van der Waals surface area contributed by atoms with E-state index in [0.29, 0.717) is 34.6 Å². The van der Waals surface area contributed by atoms with Crippen LogP contribution in [0.5, 0.6) is 11.5 Å². The first-order chi connectivity index (χ1) is 19.1. The van der Waals surface area contributed by atoms with E-state index >= 15 is 4.39 Å². The van der Waals surface area contributed by atoms with Crippen LogP contribution in [0.15, 0.2) is 24.7 Å². The van der Waals surface area contributed by atoms with Crippen LogP contribution < -0.4 is 25.8 Å². The number of fused-ring (bicyclic) bond motifs is 1.